The Hall–Kier alpha value is -1.49. The molecule has 0 bridgehead atoms. The van der Waals surface area contributed by atoms with Gasteiger partial charge in [-0.2, -0.15) is 0 Å². The molecule has 1 atom stereocenters. The highest BCUT2D eigenvalue weighted by molar-refractivity contribution is 8.02. The van der Waals surface area contributed by atoms with E-state index in [4.69, 9.17) is 0 Å². The number of nitrogens with zero attached hydrogens (tertiary/aromatic N) is 2. The highest BCUT2D eigenvalue weighted by atomic mass is 32.2. The Bertz CT molecular complexity index is 583. The number of amides is 2. The van der Waals surface area contributed by atoms with Crippen LogP contribution in [-0.4, -0.2) is 41.6 Å². The fraction of sp³-hybridized carbons (Fsp3) is 0.500. The molecule has 3 rings (SSSR count). The number of fused-ring (bicyclic) bond motifs is 1. The number of hydrogen-bond donors (Lipinski definition) is 0. The van der Waals surface area contributed by atoms with E-state index in [2.05, 4.69) is 0 Å². The molecule has 1 saturated heterocycles. The Morgan fingerprint density at radius 2 is 1.86 bits per heavy atom. The number of benzene rings is 1. The maximum absolute atomic E-state index is 12.9. The molecule has 1 aromatic carbocycles. The second-order valence-electron chi connectivity index (χ2n) is 5.82. The highest BCUT2D eigenvalue weighted by Crippen LogP contribution is 2.45. The molecule has 21 heavy (non-hydrogen) atoms. The summed E-state index contributed by atoms with van der Waals surface area (Å²) in [4.78, 5) is 30.1. The van der Waals surface area contributed by atoms with Crippen molar-refractivity contribution < 1.29 is 9.59 Å². The van der Waals surface area contributed by atoms with E-state index in [0.29, 0.717) is 0 Å². The molecule has 1 aromatic rings. The highest BCUT2D eigenvalue weighted by Gasteiger charge is 2.49. The second kappa shape index (κ2) is 5.37. The first-order valence-electron chi connectivity index (χ1n) is 7.39. The van der Waals surface area contributed by atoms with Gasteiger partial charge in [-0.1, -0.05) is 23.9 Å². The third-order valence-electron chi connectivity index (χ3n) is 4.30. The van der Waals surface area contributed by atoms with Crippen molar-refractivity contribution in [3.8, 4) is 0 Å². The minimum Gasteiger partial charge on any atom is -0.341 e. The number of thioether (sulfide) groups is 1. The van der Waals surface area contributed by atoms with Crippen LogP contribution < -0.4 is 4.90 Å². The lowest BCUT2D eigenvalue weighted by molar-refractivity contribution is -0.139. The number of likely N-dealkylation sites (tertiary alicyclic amines) is 1. The van der Waals surface area contributed by atoms with Crippen molar-refractivity contribution in [3.63, 3.8) is 0 Å². The minimum atomic E-state index is -1.04. The van der Waals surface area contributed by atoms with E-state index in [1.165, 1.54) is 18.2 Å². The SMILES string of the molecule is CN1C(=O)C(C)(C(=O)N2CCCCC2)Sc2ccccc21. The molecule has 5 heteroatoms. The summed E-state index contributed by atoms with van der Waals surface area (Å²) in [6, 6.07) is 7.76. The van der Waals surface area contributed by atoms with Crippen LogP contribution in [0.15, 0.2) is 29.2 Å². The van der Waals surface area contributed by atoms with Gasteiger partial charge in [-0.25, -0.2) is 0 Å². The van der Waals surface area contributed by atoms with Crippen LogP contribution in [0, 0.1) is 0 Å². The van der Waals surface area contributed by atoms with E-state index >= 15 is 0 Å². The normalized spacial score (nSPS) is 25.7. The summed E-state index contributed by atoms with van der Waals surface area (Å²) in [7, 11) is 1.75. The molecule has 0 spiro atoms. The second-order valence-corrected chi connectivity index (χ2v) is 7.28. The van der Waals surface area contributed by atoms with Gasteiger partial charge < -0.3 is 9.80 Å². The van der Waals surface area contributed by atoms with E-state index in [1.807, 2.05) is 29.2 Å². The lowest BCUT2D eigenvalue weighted by Crippen LogP contribution is -2.57. The third-order valence-corrected chi connectivity index (χ3v) is 5.63. The molecule has 4 nitrogen and oxygen atoms in total. The average Bonchev–Trinajstić information content (AvgIpc) is 2.53. The quantitative estimate of drug-likeness (QED) is 0.749. The van der Waals surface area contributed by atoms with Crippen LogP contribution in [-0.2, 0) is 9.59 Å². The van der Waals surface area contributed by atoms with E-state index in [9.17, 15) is 9.59 Å². The van der Waals surface area contributed by atoms with Crippen LogP contribution >= 0.6 is 11.8 Å². The van der Waals surface area contributed by atoms with E-state index in [1.54, 1.807) is 18.9 Å². The van der Waals surface area contributed by atoms with Crippen molar-refractivity contribution in [2.45, 2.75) is 35.8 Å². The first-order chi connectivity index (χ1) is 10.0. The van der Waals surface area contributed by atoms with Crippen molar-refractivity contribution in [2.75, 3.05) is 25.0 Å². The molecule has 0 aromatic heterocycles. The molecule has 2 aliphatic heterocycles. The van der Waals surface area contributed by atoms with Gasteiger partial charge >= 0.3 is 0 Å². The van der Waals surface area contributed by atoms with Gasteiger partial charge in [0.25, 0.3) is 5.91 Å². The topological polar surface area (TPSA) is 40.6 Å². The lowest BCUT2D eigenvalue weighted by Gasteiger charge is -2.40. The van der Waals surface area contributed by atoms with Crippen molar-refractivity contribution in [3.05, 3.63) is 24.3 Å². The summed E-state index contributed by atoms with van der Waals surface area (Å²) in [5.41, 5.74) is 0.886. The third kappa shape index (κ3) is 2.33. The van der Waals surface area contributed by atoms with Crippen LogP contribution in [0.4, 0.5) is 5.69 Å². The van der Waals surface area contributed by atoms with E-state index in [0.717, 1.165) is 36.5 Å². The van der Waals surface area contributed by atoms with E-state index in [-0.39, 0.29) is 11.8 Å². The number of rotatable bonds is 1. The first-order valence-corrected chi connectivity index (χ1v) is 8.21. The number of carbonyl (C=O) groups is 2. The lowest BCUT2D eigenvalue weighted by atomic mass is 10.0. The fourth-order valence-corrected chi connectivity index (χ4v) is 4.38. The summed E-state index contributed by atoms with van der Waals surface area (Å²) >= 11 is 1.39. The van der Waals surface area contributed by atoms with Gasteiger partial charge in [0.15, 0.2) is 4.75 Å². The molecule has 112 valence electrons. The van der Waals surface area contributed by atoms with Crippen molar-refractivity contribution in [1.82, 2.24) is 4.90 Å². The molecule has 0 saturated carbocycles. The monoisotopic (exact) mass is 304 g/mol. The molecule has 2 heterocycles. The summed E-state index contributed by atoms with van der Waals surface area (Å²) in [5.74, 6) is -0.166. The zero-order chi connectivity index (χ0) is 15.0. The summed E-state index contributed by atoms with van der Waals surface area (Å²) in [6.07, 6.45) is 3.24. The van der Waals surface area contributed by atoms with Gasteiger partial charge in [0.05, 0.1) is 5.69 Å². The van der Waals surface area contributed by atoms with Crippen LogP contribution in [0.25, 0.3) is 0 Å². The van der Waals surface area contributed by atoms with Gasteiger partial charge in [-0.3, -0.25) is 9.59 Å². The molecular formula is C16H20N2O2S. The van der Waals surface area contributed by atoms with Crippen LogP contribution in [0.5, 0.6) is 0 Å². The Kier molecular flexibility index (Phi) is 3.69. The molecule has 2 aliphatic rings. The summed E-state index contributed by atoms with van der Waals surface area (Å²) < 4.78 is -1.04. The number of piperidine rings is 1. The Balaban J connectivity index is 1.94. The summed E-state index contributed by atoms with van der Waals surface area (Å²) in [5, 5.41) is 0. The van der Waals surface area contributed by atoms with Crippen LogP contribution in [0.2, 0.25) is 0 Å². The van der Waals surface area contributed by atoms with Crippen molar-refractivity contribution in [1.29, 1.82) is 0 Å². The van der Waals surface area contributed by atoms with Crippen molar-refractivity contribution in [2.24, 2.45) is 0 Å². The van der Waals surface area contributed by atoms with Gasteiger partial charge in [-0.15, -0.1) is 0 Å². The standard InChI is InChI=1S/C16H20N2O2S/c1-16(15(20)18-10-6-3-7-11-18)14(19)17(2)12-8-4-5-9-13(12)21-16/h4-5,8-9H,3,6-7,10-11H2,1-2H3. The molecule has 0 radical (unpaired) electrons. The molecule has 0 aliphatic carbocycles. The molecule has 1 fully saturated rings. The Morgan fingerprint density at radius 1 is 1.19 bits per heavy atom. The predicted molar refractivity (Wildman–Crippen MR) is 84.5 cm³/mol. The number of anilines is 1. The van der Waals surface area contributed by atoms with Gasteiger partial charge in [0, 0.05) is 25.0 Å². The molecule has 0 N–H and O–H groups in total. The molecule has 1 unspecified atom stereocenters. The van der Waals surface area contributed by atoms with E-state index < -0.39 is 4.75 Å². The fourth-order valence-electron chi connectivity index (χ4n) is 3.05. The van der Waals surface area contributed by atoms with Crippen LogP contribution in [0.3, 0.4) is 0 Å². The predicted octanol–water partition coefficient (Wildman–Crippen LogP) is 2.53. The molecule has 2 amide bonds. The van der Waals surface area contributed by atoms with Gasteiger partial charge in [0.2, 0.25) is 5.91 Å². The summed E-state index contributed by atoms with van der Waals surface area (Å²) in [6.45, 7) is 3.31. The van der Waals surface area contributed by atoms with Gasteiger partial charge in [0.1, 0.15) is 0 Å². The van der Waals surface area contributed by atoms with Gasteiger partial charge in [-0.05, 0) is 38.3 Å². The average molecular weight is 304 g/mol. The zero-order valence-corrected chi connectivity index (χ0v) is 13.3. The Labute approximate surface area is 129 Å². The number of carbonyl (C=O) groups excluding carboxylic acids is 2. The van der Waals surface area contributed by atoms with Crippen LogP contribution in [0.1, 0.15) is 26.2 Å². The van der Waals surface area contributed by atoms with Crippen molar-refractivity contribution >= 4 is 29.3 Å². The number of hydrogen-bond acceptors (Lipinski definition) is 3. The largest absolute Gasteiger partial charge is 0.341 e. The first kappa shape index (κ1) is 14.4. The smallest absolute Gasteiger partial charge is 0.252 e. The maximum atomic E-state index is 12.9. The zero-order valence-electron chi connectivity index (χ0n) is 12.5. The number of para-hydroxylation sites is 1. The molecular weight excluding hydrogens is 284 g/mol. The maximum Gasteiger partial charge on any atom is 0.252 e. The minimum absolute atomic E-state index is 0.0430. The Morgan fingerprint density at radius 3 is 2.57 bits per heavy atom.